The second kappa shape index (κ2) is 8.30. The van der Waals surface area contributed by atoms with Crippen LogP contribution in [0, 0.1) is 5.41 Å². The summed E-state index contributed by atoms with van der Waals surface area (Å²) in [5.74, 6) is -0.322. The van der Waals surface area contributed by atoms with Crippen molar-refractivity contribution in [1.29, 1.82) is 0 Å². The fraction of sp³-hybridized carbons (Fsp3) is 0.304. The molecule has 0 spiro atoms. The molecule has 1 aromatic heterocycles. The van der Waals surface area contributed by atoms with Crippen molar-refractivity contribution >= 4 is 22.7 Å². The molecular weight excluding hydrogens is 350 g/mol. The molecule has 0 saturated heterocycles. The number of para-hydroxylation sites is 1. The van der Waals surface area contributed by atoms with Gasteiger partial charge in [0.15, 0.2) is 0 Å². The molecule has 2 aromatic carbocycles. The molecule has 0 radical (unpaired) electrons. The van der Waals surface area contributed by atoms with Crippen LogP contribution < -0.4 is 10.6 Å². The molecule has 2 amide bonds. The maximum atomic E-state index is 12.3. The smallest absolute Gasteiger partial charge is 0.239 e. The number of aromatic amines is 1. The molecule has 3 N–H and O–H groups in total. The zero-order chi connectivity index (χ0) is 20.1. The molecule has 146 valence electrons. The van der Waals surface area contributed by atoms with Gasteiger partial charge in [-0.25, -0.2) is 0 Å². The third kappa shape index (κ3) is 4.60. The van der Waals surface area contributed by atoms with Gasteiger partial charge < -0.3 is 15.6 Å². The minimum atomic E-state index is -0.517. The lowest BCUT2D eigenvalue weighted by Crippen LogP contribution is -2.42. The molecule has 0 bridgehead atoms. The number of fused-ring (bicyclic) bond motifs is 1. The lowest BCUT2D eigenvalue weighted by molar-refractivity contribution is -0.131. The number of amides is 2. The number of benzene rings is 2. The van der Waals surface area contributed by atoms with E-state index in [4.69, 9.17) is 0 Å². The van der Waals surface area contributed by atoms with Gasteiger partial charge in [0.25, 0.3) is 0 Å². The predicted molar refractivity (Wildman–Crippen MR) is 112 cm³/mol. The summed E-state index contributed by atoms with van der Waals surface area (Å²) >= 11 is 0. The van der Waals surface area contributed by atoms with E-state index in [1.807, 2.05) is 63.4 Å². The van der Waals surface area contributed by atoms with Crippen LogP contribution in [0.3, 0.4) is 0 Å². The molecule has 5 heteroatoms. The maximum absolute atomic E-state index is 12.3. The number of rotatable bonds is 6. The number of carbonyl (C=O) groups excluding carboxylic acids is 2. The Kier molecular flexibility index (Phi) is 5.83. The molecule has 1 unspecified atom stereocenters. The van der Waals surface area contributed by atoms with Crippen molar-refractivity contribution in [3.05, 3.63) is 71.9 Å². The first-order chi connectivity index (χ1) is 13.4. The second-order valence-corrected chi connectivity index (χ2v) is 7.99. The van der Waals surface area contributed by atoms with E-state index in [1.54, 1.807) is 0 Å². The van der Waals surface area contributed by atoms with Crippen LogP contribution >= 0.6 is 0 Å². The topological polar surface area (TPSA) is 74.0 Å². The highest BCUT2D eigenvalue weighted by atomic mass is 16.2. The molecule has 3 aromatic rings. The average molecular weight is 377 g/mol. The number of hydrogen-bond donors (Lipinski definition) is 3. The summed E-state index contributed by atoms with van der Waals surface area (Å²) in [6, 6.07) is 18.3. The Hall–Kier alpha value is -3.08. The SMILES string of the molecule is CC(C)(C)C(=O)NCC(=O)NCC(c1ccccc1)c1c[nH]c2ccccc12. The van der Waals surface area contributed by atoms with Crippen molar-refractivity contribution < 1.29 is 9.59 Å². The summed E-state index contributed by atoms with van der Waals surface area (Å²) < 4.78 is 0. The van der Waals surface area contributed by atoms with Crippen LogP contribution in [0.5, 0.6) is 0 Å². The zero-order valence-electron chi connectivity index (χ0n) is 16.6. The third-order valence-electron chi connectivity index (χ3n) is 4.79. The Bertz CT molecular complexity index is 955. The van der Waals surface area contributed by atoms with E-state index in [1.165, 1.54) is 0 Å². The van der Waals surface area contributed by atoms with Crippen LogP contribution in [-0.2, 0) is 9.59 Å². The molecule has 0 fully saturated rings. The van der Waals surface area contributed by atoms with Gasteiger partial charge >= 0.3 is 0 Å². The fourth-order valence-electron chi connectivity index (χ4n) is 3.18. The highest BCUT2D eigenvalue weighted by molar-refractivity contribution is 5.87. The quantitative estimate of drug-likeness (QED) is 0.614. The van der Waals surface area contributed by atoms with E-state index < -0.39 is 5.41 Å². The van der Waals surface area contributed by atoms with Crippen molar-refractivity contribution in [3.8, 4) is 0 Å². The van der Waals surface area contributed by atoms with Gasteiger partial charge in [-0.05, 0) is 17.2 Å². The molecule has 0 aliphatic rings. The van der Waals surface area contributed by atoms with Crippen LogP contribution in [0.2, 0.25) is 0 Å². The van der Waals surface area contributed by atoms with Gasteiger partial charge in [-0.1, -0.05) is 69.3 Å². The van der Waals surface area contributed by atoms with Gasteiger partial charge in [0.2, 0.25) is 11.8 Å². The van der Waals surface area contributed by atoms with E-state index in [2.05, 4.69) is 33.8 Å². The van der Waals surface area contributed by atoms with E-state index in [9.17, 15) is 9.59 Å². The van der Waals surface area contributed by atoms with Crippen molar-refractivity contribution in [2.45, 2.75) is 26.7 Å². The lowest BCUT2D eigenvalue weighted by Gasteiger charge is -2.20. The van der Waals surface area contributed by atoms with Gasteiger partial charge in [-0.2, -0.15) is 0 Å². The second-order valence-electron chi connectivity index (χ2n) is 7.99. The van der Waals surface area contributed by atoms with Crippen molar-refractivity contribution in [1.82, 2.24) is 15.6 Å². The van der Waals surface area contributed by atoms with Crippen LogP contribution in [-0.4, -0.2) is 29.9 Å². The summed E-state index contributed by atoms with van der Waals surface area (Å²) in [5.41, 5.74) is 2.82. The largest absolute Gasteiger partial charge is 0.361 e. The highest BCUT2D eigenvalue weighted by Crippen LogP contribution is 2.30. The molecule has 0 saturated carbocycles. The lowest BCUT2D eigenvalue weighted by atomic mass is 9.91. The summed E-state index contributed by atoms with van der Waals surface area (Å²) in [4.78, 5) is 27.6. The average Bonchev–Trinajstić information content (AvgIpc) is 3.10. The Balaban J connectivity index is 1.74. The first-order valence-corrected chi connectivity index (χ1v) is 9.52. The van der Waals surface area contributed by atoms with E-state index in [0.29, 0.717) is 6.54 Å². The van der Waals surface area contributed by atoms with Gasteiger partial charge in [-0.15, -0.1) is 0 Å². The summed E-state index contributed by atoms with van der Waals surface area (Å²) in [7, 11) is 0. The third-order valence-corrected chi connectivity index (χ3v) is 4.79. The van der Waals surface area contributed by atoms with Crippen LogP contribution in [0.25, 0.3) is 10.9 Å². The highest BCUT2D eigenvalue weighted by Gasteiger charge is 2.22. The fourth-order valence-corrected chi connectivity index (χ4v) is 3.18. The molecule has 0 aliphatic heterocycles. The number of hydrogen-bond acceptors (Lipinski definition) is 2. The molecule has 0 aliphatic carbocycles. The standard InChI is InChI=1S/C23H27N3O2/c1-23(2,3)22(28)26-15-21(27)25-13-18(16-9-5-4-6-10-16)19-14-24-20-12-8-7-11-17(19)20/h4-12,14,18,24H,13,15H2,1-3H3,(H,25,27)(H,26,28). The minimum absolute atomic E-state index is 0.0135. The van der Waals surface area contributed by atoms with Gasteiger partial charge in [0.1, 0.15) is 0 Å². The van der Waals surface area contributed by atoms with Crippen LogP contribution in [0.1, 0.15) is 37.8 Å². The Morgan fingerprint density at radius 2 is 1.64 bits per heavy atom. The van der Waals surface area contributed by atoms with Gasteiger partial charge in [0.05, 0.1) is 6.54 Å². The molecule has 5 nitrogen and oxygen atoms in total. The predicted octanol–water partition coefficient (Wildman–Crippen LogP) is 3.58. The minimum Gasteiger partial charge on any atom is -0.361 e. The molecular formula is C23H27N3O2. The molecule has 28 heavy (non-hydrogen) atoms. The normalized spacial score (nSPS) is 12.5. The van der Waals surface area contributed by atoms with Crippen molar-refractivity contribution in [2.75, 3.05) is 13.1 Å². The zero-order valence-corrected chi connectivity index (χ0v) is 16.6. The van der Waals surface area contributed by atoms with Crippen molar-refractivity contribution in [2.24, 2.45) is 5.41 Å². The Morgan fingerprint density at radius 3 is 2.36 bits per heavy atom. The van der Waals surface area contributed by atoms with Crippen LogP contribution in [0.15, 0.2) is 60.8 Å². The molecule has 1 heterocycles. The number of aromatic nitrogens is 1. The summed E-state index contributed by atoms with van der Waals surface area (Å²) in [6.07, 6.45) is 2.01. The summed E-state index contributed by atoms with van der Waals surface area (Å²) in [5, 5.41) is 6.81. The van der Waals surface area contributed by atoms with E-state index in [0.717, 1.165) is 22.0 Å². The summed E-state index contributed by atoms with van der Waals surface area (Å²) in [6.45, 7) is 5.90. The first-order valence-electron chi connectivity index (χ1n) is 9.52. The molecule has 1 atom stereocenters. The monoisotopic (exact) mass is 377 g/mol. The Morgan fingerprint density at radius 1 is 0.964 bits per heavy atom. The number of carbonyl (C=O) groups is 2. The number of nitrogens with one attached hydrogen (secondary N) is 3. The molecule has 3 rings (SSSR count). The van der Waals surface area contributed by atoms with E-state index in [-0.39, 0.29) is 24.3 Å². The van der Waals surface area contributed by atoms with Gasteiger partial charge in [0, 0.05) is 35.0 Å². The van der Waals surface area contributed by atoms with Crippen molar-refractivity contribution in [3.63, 3.8) is 0 Å². The number of H-pyrrole nitrogens is 1. The van der Waals surface area contributed by atoms with Gasteiger partial charge in [-0.3, -0.25) is 9.59 Å². The first kappa shape index (κ1) is 19.7. The van der Waals surface area contributed by atoms with E-state index >= 15 is 0 Å². The Labute approximate surface area is 165 Å². The maximum Gasteiger partial charge on any atom is 0.239 e. The van der Waals surface area contributed by atoms with Crippen LogP contribution in [0.4, 0.5) is 0 Å².